The Bertz CT molecular complexity index is 1030. The zero-order chi connectivity index (χ0) is 23.1. The van der Waals surface area contributed by atoms with Crippen LogP contribution in [0.1, 0.15) is 68.3 Å². The Kier molecular flexibility index (Phi) is 7.97. The average Bonchev–Trinajstić information content (AvgIpc) is 2.77. The monoisotopic (exact) mass is 440 g/mol. The maximum Gasteiger partial charge on any atom is 0.336 e. The molecule has 1 N–H and O–H groups in total. The van der Waals surface area contributed by atoms with Crippen LogP contribution in [0.3, 0.4) is 0 Å². The van der Waals surface area contributed by atoms with E-state index in [9.17, 15) is 9.90 Å². The number of ether oxygens (including phenoxy) is 1. The molecule has 5 heteroatoms. The SMILES string of the molecule is CCCCCCC1(OCC)C=CC(c2ccc(-c3ccccc3C(=O)O)cc2F)=C(F)C1. The zero-order valence-corrected chi connectivity index (χ0v) is 18.7. The lowest BCUT2D eigenvalue weighted by molar-refractivity contribution is -0.0127. The summed E-state index contributed by atoms with van der Waals surface area (Å²) in [6.45, 7) is 4.52. The Morgan fingerprint density at radius 1 is 1.06 bits per heavy atom. The van der Waals surface area contributed by atoms with Gasteiger partial charge in [-0.1, -0.05) is 75.1 Å². The van der Waals surface area contributed by atoms with Gasteiger partial charge in [-0.15, -0.1) is 0 Å². The number of carboxylic acids is 1. The number of hydrogen-bond donors (Lipinski definition) is 1. The van der Waals surface area contributed by atoms with Crippen molar-refractivity contribution >= 4 is 11.5 Å². The number of carboxylic acid groups (broad SMARTS) is 1. The van der Waals surface area contributed by atoms with Crippen LogP contribution in [0.2, 0.25) is 0 Å². The Morgan fingerprint density at radius 2 is 1.84 bits per heavy atom. The quantitative estimate of drug-likeness (QED) is 0.387. The Hall–Kier alpha value is -2.79. The molecule has 170 valence electrons. The lowest BCUT2D eigenvalue weighted by Crippen LogP contribution is -2.32. The summed E-state index contributed by atoms with van der Waals surface area (Å²) in [5, 5.41) is 9.40. The van der Waals surface area contributed by atoms with Crippen LogP contribution in [0.4, 0.5) is 8.78 Å². The molecule has 0 fully saturated rings. The molecule has 2 aromatic rings. The van der Waals surface area contributed by atoms with E-state index in [2.05, 4.69) is 6.92 Å². The Morgan fingerprint density at radius 3 is 2.50 bits per heavy atom. The van der Waals surface area contributed by atoms with Gasteiger partial charge in [0.2, 0.25) is 0 Å². The van der Waals surface area contributed by atoms with Crippen molar-refractivity contribution < 1.29 is 23.4 Å². The Labute approximate surface area is 188 Å². The van der Waals surface area contributed by atoms with Crippen LogP contribution in [0.15, 0.2) is 60.4 Å². The molecule has 0 aromatic heterocycles. The number of rotatable bonds is 10. The average molecular weight is 441 g/mol. The van der Waals surface area contributed by atoms with Crippen LogP contribution in [0.25, 0.3) is 16.7 Å². The van der Waals surface area contributed by atoms with Gasteiger partial charge in [-0.2, -0.15) is 0 Å². The first-order valence-corrected chi connectivity index (χ1v) is 11.2. The van der Waals surface area contributed by atoms with Crippen molar-refractivity contribution in [1.29, 1.82) is 0 Å². The number of unbranched alkanes of at least 4 members (excludes halogenated alkanes) is 3. The predicted molar refractivity (Wildman–Crippen MR) is 124 cm³/mol. The number of carbonyl (C=O) groups is 1. The van der Waals surface area contributed by atoms with E-state index < -0.39 is 23.2 Å². The Balaban J connectivity index is 1.87. The van der Waals surface area contributed by atoms with Crippen LogP contribution in [-0.2, 0) is 4.74 Å². The molecule has 3 rings (SSSR count). The van der Waals surface area contributed by atoms with E-state index in [4.69, 9.17) is 4.74 Å². The first-order chi connectivity index (χ1) is 15.4. The highest BCUT2D eigenvalue weighted by Gasteiger charge is 2.33. The molecule has 0 radical (unpaired) electrons. The number of benzene rings is 2. The lowest BCUT2D eigenvalue weighted by Gasteiger charge is -2.33. The van der Waals surface area contributed by atoms with Crippen LogP contribution < -0.4 is 0 Å². The summed E-state index contributed by atoms with van der Waals surface area (Å²) in [6, 6.07) is 10.8. The molecule has 1 unspecified atom stereocenters. The van der Waals surface area contributed by atoms with Gasteiger partial charge in [0.1, 0.15) is 11.6 Å². The van der Waals surface area contributed by atoms with Gasteiger partial charge in [0.15, 0.2) is 0 Å². The molecule has 0 amide bonds. The largest absolute Gasteiger partial charge is 0.478 e. The number of aromatic carboxylic acids is 1. The first-order valence-electron chi connectivity index (χ1n) is 11.2. The van der Waals surface area contributed by atoms with E-state index in [-0.39, 0.29) is 23.1 Å². The molecular formula is C27H30F2O3. The van der Waals surface area contributed by atoms with Gasteiger partial charge < -0.3 is 9.84 Å². The van der Waals surface area contributed by atoms with Crippen LogP contribution >= 0.6 is 0 Å². The van der Waals surface area contributed by atoms with E-state index in [1.54, 1.807) is 30.3 Å². The molecule has 0 aliphatic heterocycles. The third kappa shape index (κ3) is 5.33. The van der Waals surface area contributed by atoms with Crippen LogP contribution in [0, 0.1) is 5.82 Å². The molecule has 0 saturated heterocycles. The third-order valence-corrected chi connectivity index (χ3v) is 5.91. The molecule has 0 saturated carbocycles. The fourth-order valence-corrected chi connectivity index (χ4v) is 4.28. The molecule has 0 bridgehead atoms. The third-order valence-electron chi connectivity index (χ3n) is 5.91. The van der Waals surface area contributed by atoms with Crippen molar-refractivity contribution in [2.75, 3.05) is 6.61 Å². The molecule has 3 nitrogen and oxygen atoms in total. The smallest absolute Gasteiger partial charge is 0.336 e. The molecule has 0 spiro atoms. The van der Waals surface area contributed by atoms with Gasteiger partial charge in [0.25, 0.3) is 0 Å². The molecule has 2 aromatic carbocycles. The van der Waals surface area contributed by atoms with Crippen molar-refractivity contribution in [3.8, 4) is 11.1 Å². The molecule has 1 aliphatic carbocycles. The van der Waals surface area contributed by atoms with Gasteiger partial charge in [-0.3, -0.25) is 0 Å². The molecule has 32 heavy (non-hydrogen) atoms. The first kappa shape index (κ1) is 23.9. The second kappa shape index (κ2) is 10.7. The van der Waals surface area contributed by atoms with Crippen molar-refractivity contribution in [1.82, 2.24) is 0 Å². The highest BCUT2D eigenvalue weighted by atomic mass is 19.1. The molecule has 0 heterocycles. The summed E-state index contributed by atoms with van der Waals surface area (Å²) >= 11 is 0. The van der Waals surface area contributed by atoms with E-state index in [0.29, 0.717) is 17.7 Å². The van der Waals surface area contributed by atoms with Crippen molar-refractivity contribution in [3.63, 3.8) is 0 Å². The van der Waals surface area contributed by atoms with Gasteiger partial charge in [-0.25, -0.2) is 13.6 Å². The number of halogens is 2. The minimum atomic E-state index is -1.08. The predicted octanol–water partition coefficient (Wildman–Crippen LogP) is 7.58. The summed E-state index contributed by atoms with van der Waals surface area (Å²) < 4.78 is 36.2. The van der Waals surface area contributed by atoms with Gasteiger partial charge in [-0.05, 0) is 36.6 Å². The van der Waals surface area contributed by atoms with Gasteiger partial charge in [0, 0.05) is 24.2 Å². The fourth-order valence-electron chi connectivity index (χ4n) is 4.28. The minimum absolute atomic E-state index is 0.0852. The van der Waals surface area contributed by atoms with E-state index >= 15 is 8.78 Å². The van der Waals surface area contributed by atoms with Crippen LogP contribution in [-0.4, -0.2) is 23.3 Å². The van der Waals surface area contributed by atoms with Crippen LogP contribution in [0.5, 0.6) is 0 Å². The summed E-state index contributed by atoms with van der Waals surface area (Å²) in [7, 11) is 0. The summed E-state index contributed by atoms with van der Waals surface area (Å²) in [5.41, 5.74) is 0.626. The highest BCUT2D eigenvalue weighted by molar-refractivity contribution is 5.96. The summed E-state index contributed by atoms with van der Waals surface area (Å²) in [5.74, 6) is -2.07. The molecular weight excluding hydrogens is 410 g/mol. The van der Waals surface area contributed by atoms with E-state index in [1.165, 1.54) is 18.2 Å². The summed E-state index contributed by atoms with van der Waals surface area (Å²) in [6.07, 6.45) is 8.59. The van der Waals surface area contributed by atoms with Crippen molar-refractivity contribution in [2.24, 2.45) is 0 Å². The number of allylic oxidation sites excluding steroid dienone is 2. The fraction of sp³-hybridized carbons (Fsp3) is 0.370. The standard InChI is InChI=1S/C27H30F2O3/c1-3-5-6-9-15-27(32-4-2)16-14-22(25(29)18-27)21-13-12-19(17-24(21)28)20-10-7-8-11-23(20)26(30)31/h7-8,10-14,16-17H,3-6,9,15,18H2,1-2H3,(H,30,31). The van der Waals surface area contributed by atoms with E-state index in [1.807, 2.05) is 13.0 Å². The second-order valence-electron chi connectivity index (χ2n) is 8.18. The lowest BCUT2D eigenvalue weighted by atomic mass is 9.84. The number of hydrogen-bond acceptors (Lipinski definition) is 2. The van der Waals surface area contributed by atoms with Crippen molar-refractivity contribution in [2.45, 2.75) is 58.0 Å². The second-order valence-corrected chi connectivity index (χ2v) is 8.18. The minimum Gasteiger partial charge on any atom is -0.478 e. The normalized spacial score (nSPS) is 18.2. The highest BCUT2D eigenvalue weighted by Crippen LogP contribution is 2.40. The summed E-state index contributed by atoms with van der Waals surface area (Å²) in [4.78, 5) is 11.5. The van der Waals surface area contributed by atoms with Gasteiger partial charge >= 0.3 is 5.97 Å². The maximum atomic E-state index is 15.2. The van der Waals surface area contributed by atoms with Gasteiger partial charge in [0.05, 0.1) is 11.2 Å². The zero-order valence-electron chi connectivity index (χ0n) is 18.7. The topological polar surface area (TPSA) is 46.5 Å². The molecule has 1 aliphatic rings. The molecule has 1 atom stereocenters. The maximum absolute atomic E-state index is 15.2. The van der Waals surface area contributed by atoms with Crippen molar-refractivity contribution in [3.05, 3.63) is 77.4 Å². The van der Waals surface area contributed by atoms with E-state index in [0.717, 1.165) is 32.1 Å².